The second-order valence-corrected chi connectivity index (χ2v) is 9.17. The summed E-state index contributed by atoms with van der Waals surface area (Å²) in [5.41, 5.74) is 3.11. The zero-order chi connectivity index (χ0) is 25.1. The molecule has 9 nitrogen and oxygen atoms in total. The first-order valence-electron chi connectivity index (χ1n) is 12.2. The molecule has 0 saturated carbocycles. The number of fused-ring (bicyclic) bond motifs is 1. The fourth-order valence-electron chi connectivity index (χ4n) is 5.26. The summed E-state index contributed by atoms with van der Waals surface area (Å²) in [6.07, 6.45) is 5.49. The van der Waals surface area contributed by atoms with Crippen molar-refractivity contribution >= 4 is 16.9 Å². The van der Waals surface area contributed by atoms with E-state index in [-0.39, 0.29) is 11.9 Å². The van der Waals surface area contributed by atoms with E-state index in [1.54, 1.807) is 20.5 Å². The monoisotopic (exact) mass is 488 g/mol. The largest absolute Gasteiger partial charge is 0.493 e. The third kappa shape index (κ3) is 4.48. The van der Waals surface area contributed by atoms with Crippen molar-refractivity contribution in [3.05, 3.63) is 71.9 Å². The molecule has 0 aliphatic carbocycles. The summed E-state index contributed by atoms with van der Waals surface area (Å²) in [6, 6.07) is 14.0. The van der Waals surface area contributed by atoms with Gasteiger partial charge in [-0.25, -0.2) is 4.79 Å². The first kappa shape index (κ1) is 23.7. The van der Waals surface area contributed by atoms with Crippen molar-refractivity contribution in [2.45, 2.75) is 24.7 Å². The lowest BCUT2D eigenvalue weighted by atomic mass is 9.90. The minimum atomic E-state index is -0.133. The van der Waals surface area contributed by atoms with Gasteiger partial charge in [-0.15, -0.1) is 10.2 Å². The Morgan fingerprint density at radius 3 is 2.64 bits per heavy atom. The molecule has 0 radical (unpaired) electrons. The Bertz CT molecular complexity index is 1340. The highest BCUT2D eigenvalue weighted by Crippen LogP contribution is 2.40. The Morgan fingerprint density at radius 2 is 1.92 bits per heavy atom. The summed E-state index contributed by atoms with van der Waals surface area (Å²) in [6.45, 7) is 1.79. The van der Waals surface area contributed by atoms with Crippen LogP contribution < -0.4 is 14.8 Å². The zero-order valence-corrected chi connectivity index (χ0v) is 20.9. The highest BCUT2D eigenvalue weighted by atomic mass is 16.5. The van der Waals surface area contributed by atoms with Crippen molar-refractivity contribution in [2.75, 3.05) is 33.9 Å². The Kier molecular flexibility index (Phi) is 6.79. The SMILES string of the molecule is COc1cccc(C(CNC(=O)N2CCC(c3nncn3C)CC2)c2c[nH]c3ccccc23)c1OC. The van der Waals surface area contributed by atoms with Crippen molar-refractivity contribution in [2.24, 2.45) is 7.05 Å². The van der Waals surface area contributed by atoms with Crippen molar-refractivity contribution in [1.82, 2.24) is 30.0 Å². The predicted octanol–water partition coefficient (Wildman–Crippen LogP) is 4.03. The fourth-order valence-corrected chi connectivity index (χ4v) is 5.26. The normalized spacial score (nSPS) is 15.1. The van der Waals surface area contributed by atoms with Gasteiger partial charge in [0.05, 0.1) is 14.2 Å². The van der Waals surface area contributed by atoms with Gasteiger partial charge in [0.1, 0.15) is 12.2 Å². The summed E-state index contributed by atoms with van der Waals surface area (Å²) >= 11 is 0. The van der Waals surface area contributed by atoms with Crippen molar-refractivity contribution in [1.29, 1.82) is 0 Å². The van der Waals surface area contributed by atoms with Gasteiger partial charge < -0.3 is 29.2 Å². The average Bonchev–Trinajstić information content (AvgIpc) is 3.55. The molecule has 2 N–H and O–H groups in total. The number of methoxy groups -OCH3 is 2. The Labute approximate surface area is 210 Å². The van der Waals surface area contributed by atoms with Gasteiger partial charge in [0.15, 0.2) is 11.5 Å². The van der Waals surface area contributed by atoms with Crippen LogP contribution in [0.25, 0.3) is 10.9 Å². The van der Waals surface area contributed by atoms with Crippen LogP contribution in [0.2, 0.25) is 0 Å². The molecule has 1 unspecified atom stereocenters. The first-order valence-corrected chi connectivity index (χ1v) is 12.2. The lowest BCUT2D eigenvalue weighted by Crippen LogP contribution is -2.45. The van der Waals surface area contributed by atoms with E-state index in [1.165, 1.54) is 0 Å². The van der Waals surface area contributed by atoms with E-state index < -0.39 is 0 Å². The number of hydrogen-bond donors (Lipinski definition) is 2. The number of H-pyrrole nitrogens is 1. The van der Waals surface area contributed by atoms with Crippen LogP contribution in [0.1, 0.15) is 41.6 Å². The summed E-state index contributed by atoms with van der Waals surface area (Å²) < 4.78 is 13.3. The zero-order valence-electron chi connectivity index (χ0n) is 20.9. The number of amides is 2. The molecule has 188 valence electrons. The summed E-state index contributed by atoms with van der Waals surface area (Å²) in [5.74, 6) is 2.51. The van der Waals surface area contributed by atoms with E-state index in [4.69, 9.17) is 9.47 Å². The van der Waals surface area contributed by atoms with Crippen LogP contribution in [0, 0.1) is 0 Å². The first-order chi connectivity index (χ1) is 17.6. The molecular formula is C27H32N6O3. The molecule has 2 aromatic carbocycles. The van der Waals surface area contributed by atoms with Gasteiger partial charge in [0, 0.05) is 61.2 Å². The van der Waals surface area contributed by atoms with Gasteiger partial charge >= 0.3 is 6.03 Å². The van der Waals surface area contributed by atoms with Crippen LogP contribution >= 0.6 is 0 Å². The summed E-state index contributed by atoms with van der Waals surface area (Å²) in [7, 11) is 5.24. The topological polar surface area (TPSA) is 97.3 Å². The van der Waals surface area contributed by atoms with Crippen molar-refractivity contribution in [3.8, 4) is 11.5 Å². The minimum Gasteiger partial charge on any atom is -0.493 e. The summed E-state index contributed by atoms with van der Waals surface area (Å²) in [4.78, 5) is 18.5. The third-order valence-corrected chi connectivity index (χ3v) is 7.16. The number of aromatic amines is 1. The van der Waals surface area contributed by atoms with E-state index >= 15 is 0 Å². The number of nitrogens with one attached hydrogen (secondary N) is 2. The molecule has 1 saturated heterocycles. The number of benzene rings is 2. The average molecular weight is 489 g/mol. The van der Waals surface area contributed by atoms with Gasteiger partial charge in [-0.1, -0.05) is 30.3 Å². The maximum Gasteiger partial charge on any atom is 0.317 e. The highest BCUT2D eigenvalue weighted by Gasteiger charge is 2.28. The highest BCUT2D eigenvalue weighted by molar-refractivity contribution is 5.84. The number of aromatic nitrogens is 4. The molecular weight excluding hydrogens is 456 g/mol. The van der Waals surface area contributed by atoms with E-state index in [0.717, 1.165) is 40.7 Å². The summed E-state index contributed by atoms with van der Waals surface area (Å²) in [5, 5.41) is 12.6. The smallest absolute Gasteiger partial charge is 0.317 e. The van der Waals surface area contributed by atoms with Gasteiger partial charge in [-0.2, -0.15) is 0 Å². The second kappa shape index (κ2) is 10.3. The fraction of sp³-hybridized carbons (Fsp3) is 0.370. The number of nitrogens with zero attached hydrogens (tertiary/aromatic N) is 4. The number of hydrogen-bond acceptors (Lipinski definition) is 5. The van der Waals surface area contributed by atoms with E-state index in [0.29, 0.717) is 37.1 Å². The number of aryl methyl sites for hydroxylation is 1. The van der Waals surface area contributed by atoms with Crippen LogP contribution in [0.4, 0.5) is 4.79 Å². The molecule has 0 spiro atoms. The third-order valence-electron chi connectivity index (χ3n) is 7.16. The Morgan fingerprint density at radius 1 is 1.11 bits per heavy atom. The molecule has 4 aromatic rings. The number of piperidine rings is 1. The maximum absolute atomic E-state index is 13.2. The second-order valence-electron chi connectivity index (χ2n) is 9.17. The number of urea groups is 1. The number of likely N-dealkylation sites (tertiary alicyclic amines) is 1. The molecule has 1 aliphatic heterocycles. The molecule has 3 heterocycles. The van der Waals surface area contributed by atoms with Crippen LogP contribution in [-0.2, 0) is 7.05 Å². The molecule has 9 heteroatoms. The standard InChI is InChI=1S/C27H32N6O3/c1-32-17-30-31-26(32)18-11-13-33(14-12-18)27(34)29-16-22(20-8-6-10-24(35-2)25(20)36-3)21-15-28-23-9-5-4-7-19(21)23/h4-10,15,17-18,22,28H,11-14,16H2,1-3H3,(H,29,34). The Balaban J connectivity index is 1.36. The number of para-hydroxylation sites is 2. The molecule has 36 heavy (non-hydrogen) atoms. The van der Waals surface area contributed by atoms with Crippen LogP contribution in [0.15, 0.2) is 55.0 Å². The van der Waals surface area contributed by atoms with Gasteiger partial charge in [-0.3, -0.25) is 0 Å². The number of carbonyl (C=O) groups is 1. The quantitative estimate of drug-likeness (QED) is 0.409. The van der Waals surface area contributed by atoms with E-state index in [2.05, 4.69) is 32.6 Å². The molecule has 1 aliphatic rings. The maximum atomic E-state index is 13.2. The van der Waals surface area contributed by atoms with E-state index in [9.17, 15) is 4.79 Å². The van der Waals surface area contributed by atoms with Gasteiger partial charge in [-0.05, 0) is 30.5 Å². The molecule has 0 bridgehead atoms. The van der Waals surface area contributed by atoms with Crippen molar-refractivity contribution in [3.63, 3.8) is 0 Å². The van der Waals surface area contributed by atoms with Crippen molar-refractivity contribution < 1.29 is 14.3 Å². The van der Waals surface area contributed by atoms with Crippen LogP contribution in [0.5, 0.6) is 11.5 Å². The van der Waals surface area contributed by atoms with Crippen LogP contribution in [0.3, 0.4) is 0 Å². The molecule has 2 aromatic heterocycles. The number of rotatable bonds is 7. The molecule has 2 amide bonds. The number of carbonyl (C=O) groups excluding carboxylic acids is 1. The molecule has 1 fully saturated rings. The number of ether oxygens (including phenoxy) is 2. The molecule has 1 atom stereocenters. The Hall–Kier alpha value is -4.01. The predicted molar refractivity (Wildman–Crippen MR) is 138 cm³/mol. The lowest BCUT2D eigenvalue weighted by Gasteiger charge is -2.32. The van der Waals surface area contributed by atoms with Crippen LogP contribution in [-0.4, -0.2) is 64.5 Å². The van der Waals surface area contributed by atoms with E-state index in [1.807, 2.05) is 53.0 Å². The van der Waals surface area contributed by atoms with Gasteiger partial charge in [0.2, 0.25) is 0 Å². The lowest BCUT2D eigenvalue weighted by molar-refractivity contribution is 0.179. The molecule has 5 rings (SSSR count). The van der Waals surface area contributed by atoms with Gasteiger partial charge in [0.25, 0.3) is 0 Å². The minimum absolute atomic E-state index is 0.0573.